The number of unbranched alkanes of at least 4 members (excludes halogenated alkanes) is 2. The highest BCUT2D eigenvalue weighted by Gasteiger charge is 2.10. The van der Waals surface area contributed by atoms with Crippen molar-refractivity contribution < 1.29 is 18.6 Å². The first-order chi connectivity index (χ1) is 14.6. The van der Waals surface area contributed by atoms with Crippen LogP contribution in [0.15, 0.2) is 29.3 Å². The molecule has 31 heavy (non-hydrogen) atoms. The Morgan fingerprint density at radius 3 is 2.45 bits per heavy atom. The van der Waals surface area contributed by atoms with Crippen LogP contribution >= 0.6 is 24.0 Å². The molecule has 0 aromatic heterocycles. The van der Waals surface area contributed by atoms with Crippen LogP contribution in [-0.2, 0) is 0 Å². The molecule has 1 unspecified atom stereocenters. The number of guanidine groups is 1. The van der Waals surface area contributed by atoms with Crippen molar-refractivity contribution in [1.29, 1.82) is 0 Å². The third-order valence-electron chi connectivity index (χ3n) is 5.15. The highest BCUT2D eigenvalue weighted by molar-refractivity contribution is 14.0. The molecule has 1 atom stereocenters. The van der Waals surface area contributed by atoms with Crippen LogP contribution < -0.4 is 15.4 Å². The van der Waals surface area contributed by atoms with Gasteiger partial charge in [0.05, 0.1) is 12.6 Å². The minimum absolute atomic E-state index is 0. The lowest BCUT2D eigenvalue weighted by Gasteiger charge is -2.26. The van der Waals surface area contributed by atoms with Crippen LogP contribution in [0.25, 0.3) is 0 Å². The summed E-state index contributed by atoms with van der Waals surface area (Å²) in [5, 5.41) is 16.8. The second-order valence-electron chi connectivity index (χ2n) is 7.57. The minimum Gasteiger partial charge on any atom is -0.435 e. The number of nitrogens with one attached hydrogen (secondary N) is 2. The number of aliphatic imine (C=N–C) groups is 1. The lowest BCUT2D eigenvalue weighted by molar-refractivity contribution is -0.0498. The molecule has 3 N–H and O–H groups in total. The third-order valence-corrected chi connectivity index (χ3v) is 5.15. The summed E-state index contributed by atoms with van der Waals surface area (Å²) in [6, 6.07) is 5.98. The average Bonchev–Trinajstić information content (AvgIpc) is 2.75. The summed E-state index contributed by atoms with van der Waals surface area (Å²) in [6.07, 6.45) is 6.71. The number of nitrogens with zero attached hydrogens (tertiary/aromatic N) is 2. The standard InChI is InChI=1S/C22H36F2N4O2.HI/c1-2-25-22(26-13-5-3-6-14-28-15-7-4-8-16-28)27-17-20(29)18-9-11-19(12-10-18)30-21(23)24;/h9-12,20-21,29H,2-8,13-17H2,1H3,(H2,25,26,27);1H. The fraction of sp³-hybridized carbons (Fsp3) is 0.682. The van der Waals surface area contributed by atoms with Crippen LogP contribution in [0.1, 0.15) is 57.1 Å². The van der Waals surface area contributed by atoms with E-state index in [1.165, 1.54) is 63.9 Å². The van der Waals surface area contributed by atoms with E-state index < -0.39 is 12.7 Å². The SMILES string of the molecule is CCNC(=NCC(O)c1ccc(OC(F)F)cc1)NCCCCCN1CCCCC1.I. The molecule has 1 aliphatic rings. The van der Waals surface area contributed by atoms with E-state index in [4.69, 9.17) is 0 Å². The number of likely N-dealkylation sites (tertiary alicyclic amines) is 1. The van der Waals surface area contributed by atoms with Gasteiger partial charge in [-0.3, -0.25) is 4.99 Å². The molecule has 0 bridgehead atoms. The van der Waals surface area contributed by atoms with Gasteiger partial charge in [-0.15, -0.1) is 24.0 Å². The molecule has 0 saturated carbocycles. The first-order valence-corrected chi connectivity index (χ1v) is 11.1. The monoisotopic (exact) mass is 554 g/mol. The Morgan fingerprint density at radius 1 is 1.10 bits per heavy atom. The third kappa shape index (κ3) is 11.8. The number of rotatable bonds is 12. The molecule has 1 aliphatic heterocycles. The summed E-state index contributed by atoms with van der Waals surface area (Å²) in [5.41, 5.74) is 0.605. The molecule has 1 aromatic carbocycles. The maximum Gasteiger partial charge on any atom is 0.387 e. The van der Waals surface area contributed by atoms with Crippen molar-refractivity contribution in [2.24, 2.45) is 4.99 Å². The summed E-state index contributed by atoms with van der Waals surface area (Å²) in [5.74, 6) is 0.741. The fourth-order valence-corrected chi connectivity index (χ4v) is 3.52. The summed E-state index contributed by atoms with van der Waals surface area (Å²) in [7, 11) is 0. The molecule has 1 fully saturated rings. The molecular formula is C22H37F2IN4O2. The van der Waals surface area contributed by atoms with E-state index in [2.05, 4.69) is 25.3 Å². The van der Waals surface area contributed by atoms with Gasteiger partial charge in [-0.2, -0.15) is 8.78 Å². The van der Waals surface area contributed by atoms with Crippen LogP contribution in [0.3, 0.4) is 0 Å². The Bertz CT molecular complexity index is 614. The van der Waals surface area contributed by atoms with Crippen LogP contribution in [0.4, 0.5) is 8.78 Å². The maximum absolute atomic E-state index is 12.2. The summed E-state index contributed by atoms with van der Waals surface area (Å²) < 4.78 is 28.7. The van der Waals surface area contributed by atoms with Gasteiger partial charge >= 0.3 is 6.61 Å². The zero-order chi connectivity index (χ0) is 21.6. The summed E-state index contributed by atoms with van der Waals surface area (Å²) >= 11 is 0. The molecule has 6 nitrogen and oxygen atoms in total. The zero-order valence-electron chi connectivity index (χ0n) is 18.4. The van der Waals surface area contributed by atoms with E-state index in [9.17, 15) is 13.9 Å². The second kappa shape index (κ2) is 16.4. The van der Waals surface area contributed by atoms with E-state index in [0.29, 0.717) is 11.5 Å². The van der Waals surface area contributed by atoms with E-state index in [1.54, 1.807) is 12.1 Å². The Labute approximate surface area is 201 Å². The van der Waals surface area contributed by atoms with Crippen molar-refractivity contribution in [2.45, 2.75) is 58.2 Å². The number of halogens is 3. The van der Waals surface area contributed by atoms with Crippen LogP contribution in [-0.4, -0.2) is 61.8 Å². The quantitative estimate of drug-likeness (QED) is 0.157. The lowest BCUT2D eigenvalue weighted by Crippen LogP contribution is -2.38. The van der Waals surface area contributed by atoms with Crippen LogP contribution in [0.2, 0.25) is 0 Å². The van der Waals surface area contributed by atoms with Gasteiger partial charge in [-0.05, 0) is 69.9 Å². The fourth-order valence-electron chi connectivity index (χ4n) is 3.52. The van der Waals surface area contributed by atoms with Crippen molar-refractivity contribution >= 4 is 29.9 Å². The second-order valence-corrected chi connectivity index (χ2v) is 7.57. The molecule has 1 saturated heterocycles. The molecule has 0 aliphatic carbocycles. The number of aliphatic hydroxyl groups excluding tert-OH is 1. The number of ether oxygens (including phenoxy) is 1. The van der Waals surface area contributed by atoms with Crippen LogP contribution in [0.5, 0.6) is 5.75 Å². The molecule has 2 rings (SSSR count). The molecular weight excluding hydrogens is 517 g/mol. The lowest BCUT2D eigenvalue weighted by atomic mass is 10.1. The van der Waals surface area contributed by atoms with Gasteiger partial charge in [0.2, 0.25) is 0 Å². The highest BCUT2D eigenvalue weighted by Crippen LogP contribution is 2.19. The van der Waals surface area contributed by atoms with Gasteiger partial charge in [0.1, 0.15) is 5.75 Å². The van der Waals surface area contributed by atoms with Crippen molar-refractivity contribution in [3.8, 4) is 5.75 Å². The Hall–Kier alpha value is -1.20. The highest BCUT2D eigenvalue weighted by atomic mass is 127. The van der Waals surface area contributed by atoms with Crippen molar-refractivity contribution in [3.63, 3.8) is 0 Å². The Morgan fingerprint density at radius 2 is 1.81 bits per heavy atom. The smallest absolute Gasteiger partial charge is 0.387 e. The van der Waals surface area contributed by atoms with Gasteiger partial charge in [0, 0.05) is 13.1 Å². The Balaban J connectivity index is 0.00000480. The molecule has 0 radical (unpaired) electrons. The topological polar surface area (TPSA) is 69.1 Å². The first-order valence-electron chi connectivity index (χ1n) is 11.1. The Kier molecular flexibility index (Phi) is 14.8. The van der Waals surface area contributed by atoms with Crippen molar-refractivity contribution in [1.82, 2.24) is 15.5 Å². The summed E-state index contributed by atoms with van der Waals surface area (Å²) in [6.45, 7) is 4.58. The normalized spacial score (nSPS) is 16.0. The molecule has 1 heterocycles. The van der Waals surface area contributed by atoms with Gasteiger partial charge < -0.3 is 25.4 Å². The predicted molar refractivity (Wildman–Crippen MR) is 132 cm³/mol. The van der Waals surface area contributed by atoms with Crippen LogP contribution in [0, 0.1) is 0 Å². The van der Waals surface area contributed by atoms with Crippen molar-refractivity contribution in [3.05, 3.63) is 29.8 Å². The molecule has 0 spiro atoms. The predicted octanol–water partition coefficient (Wildman–Crippen LogP) is 4.15. The van der Waals surface area contributed by atoms with Crippen molar-refractivity contribution in [2.75, 3.05) is 39.3 Å². The first kappa shape index (κ1) is 27.8. The molecule has 178 valence electrons. The van der Waals surface area contributed by atoms with Gasteiger partial charge in [0.15, 0.2) is 5.96 Å². The number of aliphatic hydroxyl groups is 1. The van der Waals surface area contributed by atoms with E-state index in [-0.39, 0.29) is 36.3 Å². The van der Waals surface area contributed by atoms with Gasteiger partial charge in [-0.25, -0.2) is 0 Å². The summed E-state index contributed by atoms with van der Waals surface area (Å²) in [4.78, 5) is 7.00. The minimum atomic E-state index is -2.86. The molecule has 9 heteroatoms. The van der Waals surface area contributed by atoms with Gasteiger partial charge in [-0.1, -0.05) is 25.0 Å². The molecule has 0 amide bonds. The number of hydrogen-bond donors (Lipinski definition) is 3. The number of hydrogen-bond acceptors (Lipinski definition) is 4. The number of piperidine rings is 1. The molecule has 1 aromatic rings. The maximum atomic E-state index is 12.2. The largest absolute Gasteiger partial charge is 0.435 e. The van der Waals surface area contributed by atoms with E-state index in [0.717, 1.165) is 19.5 Å². The van der Waals surface area contributed by atoms with E-state index in [1.807, 2.05) is 6.92 Å². The number of benzene rings is 1. The van der Waals surface area contributed by atoms with Gasteiger partial charge in [0.25, 0.3) is 0 Å². The number of alkyl halides is 2. The zero-order valence-corrected chi connectivity index (χ0v) is 20.7. The van der Waals surface area contributed by atoms with E-state index >= 15 is 0 Å². The average molecular weight is 554 g/mol.